The van der Waals surface area contributed by atoms with Crippen LogP contribution in [-0.2, 0) is 9.59 Å². The summed E-state index contributed by atoms with van der Waals surface area (Å²) in [6.07, 6.45) is 0.865. The lowest BCUT2D eigenvalue weighted by Crippen LogP contribution is -2.43. The second kappa shape index (κ2) is 10.4. The fourth-order valence-electron chi connectivity index (χ4n) is 3.17. The summed E-state index contributed by atoms with van der Waals surface area (Å²) in [4.78, 5) is 36.8. The van der Waals surface area contributed by atoms with Crippen molar-refractivity contribution in [3.05, 3.63) is 71.8 Å². The van der Waals surface area contributed by atoms with E-state index in [2.05, 4.69) is 10.6 Å². The molecule has 29 heavy (non-hydrogen) atoms. The lowest BCUT2D eigenvalue weighted by molar-refractivity contribution is -0.149. The molecule has 2 amide bonds. The first-order chi connectivity index (χ1) is 13.9. The van der Waals surface area contributed by atoms with Crippen molar-refractivity contribution in [3.8, 4) is 0 Å². The second-order valence-electron chi connectivity index (χ2n) is 7.08. The summed E-state index contributed by atoms with van der Waals surface area (Å²) in [6, 6.07) is 17.5. The van der Waals surface area contributed by atoms with Gasteiger partial charge in [-0.1, -0.05) is 62.4 Å². The summed E-state index contributed by atoms with van der Waals surface area (Å²) in [5.74, 6) is -1.49. The Morgan fingerprint density at radius 2 is 1.48 bits per heavy atom. The monoisotopic (exact) mass is 396 g/mol. The van der Waals surface area contributed by atoms with Crippen LogP contribution in [0.3, 0.4) is 0 Å². The van der Waals surface area contributed by atoms with Crippen LogP contribution >= 0.6 is 0 Å². The van der Waals surface area contributed by atoms with Crippen LogP contribution < -0.4 is 10.6 Å². The molecule has 0 aliphatic heterocycles. The maximum Gasteiger partial charge on any atom is 0.311 e. The van der Waals surface area contributed by atoms with E-state index in [-0.39, 0.29) is 24.8 Å². The maximum absolute atomic E-state index is 12.6. The lowest BCUT2D eigenvalue weighted by atomic mass is 9.82. The van der Waals surface area contributed by atoms with Crippen molar-refractivity contribution >= 4 is 17.8 Å². The van der Waals surface area contributed by atoms with Gasteiger partial charge in [0.15, 0.2) is 0 Å². The molecule has 3 N–H and O–H groups in total. The zero-order valence-corrected chi connectivity index (χ0v) is 16.9. The molecule has 6 nitrogen and oxygen atoms in total. The van der Waals surface area contributed by atoms with Crippen molar-refractivity contribution < 1.29 is 19.5 Å². The van der Waals surface area contributed by atoms with Gasteiger partial charge in [-0.25, -0.2) is 0 Å². The molecule has 0 aliphatic rings. The first-order valence-corrected chi connectivity index (χ1v) is 9.82. The Labute approximate surface area is 171 Å². The molecule has 0 bridgehead atoms. The molecule has 2 aromatic rings. The van der Waals surface area contributed by atoms with E-state index < -0.39 is 17.4 Å². The number of carbonyl (C=O) groups excluding carboxylic acids is 2. The summed E-state index contributed by atoms with van der Waals surface area (Å²) in [7, 11) is 0. The molecular weight excluding hydrogens is 368 g/mol. The normalized spacial score (nSPS) is 12.1. The highest BCUT2D eigenvalue weighted by Crippen LogP contribution is 2.26. The Kier molecular flexibility index (Phi) is 7.95. The van der Waals surface area contributed by atoms with Crippen LogP contribution in [0.15, 0.2) is 60.7 Å². The molecule has 2 aromatic carbocycles. The molecule has 1 atom stereocenters. The zero-order chi connectivity index (χ0) is 21.3. The largest absolute Gasteiger partial charge is 0.481 e. The molecule has 0 saturated carbocycles. The van der Waals surface area contributed by atoms with Crippen LogP contribution in [0.2, 0.25) is 0 Å². The topological polar surface area (TPSA) is 95.5 Å². The van der Waals surface area contributed by atoms with E-state index in [1.807, 2.05) is 36.4 Å². The van der Waals surface area contributed by atoms with E-state index in [1.165, 1.54) is 0 Å². The number of hydrogen-bond donors (Lipinski definition) is 3. The van der Waals surface area contributed by atoms with Crippen LogP contribution in [0.5, 0.6) is 0 Å². The lowest BCUT2D eigenvalue weighted by Gasteiger charge is -2.27. The average Bonchev–Trinajstić information content (AvgIpc) is 2.75. The summed E-state index contributed by atoms with van der Waals surface area (Å²) >= 11 is 0. The van der Waals surface area contributed by atoms with E-state index in [4.69, 9.17) is 0 Å². The Morgan fingerprint density at radius 1 is 0.931 bits per heavy atom. The molecule has 6 heteroatoms. The van der Waals surface area contributed by atoms with Gasteiger partial charge in [-0.15, -0.1) is 0 Å². The van der Waals surface area contributed by atoms with Gasteiger partial charge in [-0.2, -0.15) is 0 Å². The minimum atomic E-state index is -0.981. The van der Waals surface area contributed by atoms with Crippen LogP contribution in [0.1, 0.15) is 55.1 Å². The Bertz CT molecular complexity index is 817. The molecular formula is C23H28N2O4. The van der Waals surface area contributed by atoms with Crippen molar-refractivity contribution in [2.24, 2.45) is 5.41 Å². The number of amides is 2. The predicted octanol–water partition coefficient (Wildman–Crippen LogP) is 3.56. The quantitative estimate of drug-likeness (QED) is 0.572. The van der Waals surface area contributed by atoms with Gasteiger partial charge in [0.25, 0.3) is 5.91 Å². The molecule has 0 aliphatic carbocycles. The molecule has 0 heterocycles. The number of carboxylic acids is 1. The number of carbonyl (C=O) groups is 3. The van der Waals surface area contributed by atoms with Crippen molar-refractivity contribution in [2.45, 2.75) is 39.2 Å². The van der Waals surface area contributed by atoms with Gasteiger partial charge < -0.3 is 15.7 Å². The fraction of sp³-hybridized carbons (Fsp3) is 0.348. The number of rotatable bonds is 10. The summed E-state index contributed by atoms with van der Waals surface area (Å²) in [5, 5.41) is 15.2. The van der Waals surface area contributed by atoms with Crippen molar-refractivity contribution in [2.75, 3.05) is 6.54 Å². The standard InChI is InChI=1S/C23H28N2O4/c1-3-23(4-2,22(28)29)16-24-20(26)15-19(17-11-7-5-8-12-17)25-21(27)18-13-9-6-10-14-18/h5-14,19H,3-4,15-16H2,1-2H3,(H,24,26)(H,25,27)(H,28,29). The minimum absolute atomic E-state index is 0.0196. The smallest absolute Gasteiger partial charge is 0.311 e. The molecule has 0 radical (unpaired) electrons. The number of carboxylic acid groups (broad SMARTS) is 1. The number of nitrogens with one attached hydrogen (secondary N) is 2. The third kappa shape index (κ3) is 5.91. The Morgan fingerprint density at radius 3 is 2.00 bits per heavy atom. The van der Waals surface area contributed by atoms with Gasteiger partial charge in [0.1, 0.15) is 0 Å². The van der Waals surface area contributed by atoms with Gasteiger partial charge in [0.05, 0.1) is 17.9 Å². The van der Waals surface area contributed by atoms with Crippen LogP contribution in [0.4, 0.5) is 0 Å². The number of aliphatic carboxylic acids is 1. The molecule has 0 spiro atoms. The molecule has 0 fully saturated rings. The van der Waals surface area contributed by atoms with Crippen LogP contribution in [0.25, 0.3) is 0 Å². The molecule has 0 aromatic heterocycles. The van der Waals surface area contributed by atoms with Crippen LogP contribution in [0, 0.1) is 5.41 Å². The highest BCUT2D eigenvalue weighted by atomic mass is 16.4. The fourth-order valence-corrected chi connectivity index (χ4v) is 3.17. The average molecular weight is 396 g/mol. The summed E-state index contributed by atoms with van der Waals surface area (Å²) < 4.78 is 0. The third-order valence-electron chi connectivity index (χ3n) is 5.36. The highest BCUT2D eigenvalue weighted by Gasteiger charge is 2.35. The van der Waals surface area contributed by atoms with Crippen molar-refractivity contribution in [3.63, 3.8) is 0 Å². The number of benzene rings is 2. The highest BCUT2D eigenvalue weighted by molar-refractivity contribution is 5.94. The number of hydrogen-bond acceptors (Lipinski definition) is 3. The van der Waals surface area contributed by atoms with E-state index in [0.717, 1.165) is 5.56 Å². The Balaban J connectivity index is 2.10. The first kappa shape index (κ1) is 22.1. The molecule has 0 saturated heterocycles. The Hall–Kier alpha value is -3.15. The van der Waals surface area contributed by atoms with E-state index in [1.54, 1.807) is 38.1 Å². The summed E-state index contributed by atoms with van der Waals surface area (Å²) in [5.41, 5.74) is 0.337. The van der Waals surface area contributed by atoms with E-state index in [9.17, 15) is 19.5 Å². The first-order valence-electron chi connectivity index (χ1n) is 9.82. The van der Waals surface area contributed by atoms with E-state index in [0.29, 0.717) is 18.4 Å². The SMILES string of the molecule is CCC(CC)(CNC(=O)CC(NC(=O)c1ccccc1)c1ccccc1)C(=O)O. The van der Waals surface area contributed by atoms with Crippen molar-refractivity contribution in [1.82, 2.24) is 10.6 Å². The zero-order valence-electron chi connectivity index (χ0n) is 16.9. The minimum Gasteiger partial charge on any atom is -0.481 e. The van der Waals surface area contributed by atoms with Gasteiger partial charge in [0, 0.05) is 12.1 Å². The van der Waals surface area contributed by atoms with Gasteiger partial charge >= 0.3 is 5.97 Å². The van der Waals surface area contributed by atoms with Gasteiger partial charge in [-0.3, -0.25) is 14.4 Å². The second-order valence-corrected chi connectivity index (χ2v) is 7.08. The maximum atomic E-state index is 12.6. The van der Waals surface area contributed by atoms with Crippen molar-refractivity contribution in [1.29, 1.82) is 0 Å². The predicted molar refractivity (Wildman–Crippen MR) is 111 cm³/mol. The van der Waals surface area contributed by atoms with E-state index >= 15 is 0 Å². The molecule has 1 unspecified atom stereocenters. The molecule has 154 valence electrons. The summed E-state index contributed by atoms with van der Waals surface area (Å²) in [6.45, 7) is 3.66. The van der Waals surface area contributed by atoms with Crippen LogP contribution in [-0.4, -0.2) is 29.4 Å². The van der Waals surface area contributed by atoms with Gasteiger partial charge in [-0.05, 0) is 30.5 Å². The van der Waals surface area contributed by atoms with Gasteiger partial charge in [0.2, 0.25) is 5.91 Å². The third-order valence-corrected chi connectivity index (χ3v) is 5.36. The molecule has 2 rings (SSSR count).